The number of anilines is 1. The summed E-state index contributed by atoms with van der Waals surface area (Å²) in [7, 11) is -2.12. The van der Waals surface area contributed by atoms with Gasteiger partial charge in [-0.1, -0.05) is 17.7 Å². The summed E-state index contributed by atoms with van der Waals surface area (Å²) in [5.41, 5.74) is 2.08. The minimum Gasteiger partial charge on any atom is -0.333 e. The van der Waals surface area contributed by atoms with Crippen LogP contribution in [-0.2, 0) is 10.0 Å². The maximum atomic E-state index is 12.8. The molecule has 144 valence electrons. The van der Waals surface area contributed by atoms with Crippen molar-refractivity contribution in [3.8, 4) is 0 Å². The van der Waals surface area contributed by atoms with Crippen molar-refractivity contribution >= 4 is 21.6 Å². The summed E-state index contributed by atoms with van der Waals surface area (Å²) >= 11 is 0. The van der Waals surface area contributed by atoms with Gasteiger partial charge in [-0.05, 0) is 50.2 Å². The van der Waals surface area contributed by atoms with E-state index in [-0.39, 0.29) is 16.8 Å². The van der Waals surface area contributed by atoms with E-state index in [1.54, 1.807) is 48.5 Å². The minimum absolute atomic E-state index is 0.0282. The quantitative estimate of drug-likeness (QED) is 0.874. The van der Waals surface area contributed by atoms with Crippen LogP contribution in [0.2, 0.25) is 0 Å². The maximum absolute atomic E-state index is 12.8. The molecule has 2 aromatic rings. The lowest BCUT2D eigenvalue weighted by molar-refractivity contribution is 0.0656. The third-order valence-corrected chi connectivity index (χ3v) is 6.72. The molecule has 0 bridgehead atoms. The Kier molecular flexibility index (Phi) is 5.53. The predicted molar refractivity (Wildman–Crippen MR) is 107 cm³/mol. The minimum atomic E-state index is -3.64. The highest BCUT2D eigenvalue weighted by Gasteiger charge is 2.25. The van der Waals surface area contributed by atoms with E-state index < -0.39 is 10.0 Å². The molecule has 1 atom stereocenters. The second-order valence-electron chi connectivity index (χ2n) is 6.88. The molecule has 27 heavy (non-hydrogen) atoms. The second kappa shape index (κ2) is 7.70. The Morgan fingerprint density at radius 2 is 1.74 bits per heavy atom. The molecule has 1 aliphatic heterocycles. The topological polar surface area (TPSA) is 69.7 Å². The zero-order chi connectivity index (χ0) is 19.6. The molecular weight excluding hydrogens is 362 g/mol. The first-order valence-electron chi connectivity index (χ1n) is 8.98. The average molecular weight is 388 g/mol. The fraction of sp³-hybridized carbons (Fsp3) is 0.350. The van der Waals surface area contributed by atoms with Gasteiger partial charge in [0.2, 0.25) is 0 Å². The van der Waals surface area contributed by atoms with Gasteiger partial charge < -0.3 is 10.2 Å². The molecule has 3 rings (SSSR count). The van der Waals surface area contributed by atoms with Crippen LogP contribution in [0, 0.1) is 6.92 Å². The molecule has 2 aromatic carbocycles. The largest absolute Gasteiger partial charge is 0.333 e. The molecule has 1 heterocycles. The van der Waals surface area contributed by atoms with Gasteiger partial charge in [-0.25, -0.2) is 8.42 Å². The fourth-order valence-electron chi connectivity index (χ4n) is 3.13. The van der Waals surface area contributed by atoms with Crippen LogP contribution >= 0.6 is 0 Å². The van der Waals surface area contributed by atoms with Crippen LogP contribution in [0.5, 0.6) is 0 Å². The van der Waals surface area contributed by atoms with E-state index in [4.69, 9.17) is 0 Å². The van der Waals surface area contributed by atoms with Gasteiger partial charge in [0.05, 0.1) is 10.6 Å². The van der Waals surface area contributed by atoms with Crippen LogP contribution in [0.3, 0.4) is 0 Å². The first-order chi connectivity index (χ1) is 12.8. The highest BCUT2D eigenvalue weighted by Crippen LogP contribution is 2.23. The number of carbonyl (C=O) groups excluding carboxylic acids is 1. The van der Waals surface area contributed by atoms with E-state index in [0.717, 1.165) is 18.7 Å². The molecule has 7 heteroatoms. The van der Waals surface area contributed by atoms with Crippen LogP contribution in [0.25, 0.3) is 0 Å². The molecule has 1 N–H and O–H groups in total. The summed E-state index contributed by atoms with van der Waals surface area (Å²) in [4.78, 5) is 14.8. The van der Waals surface area contributed by atoms with Crippen LogP contribution in [-0.4, -0.2) is 51.9 Å². The lowest BCUT2D eigenvalue weighted by atomic mass is 10.1. The van der Waals surface area contributed by atoms with Gasteiger partial charge in [0, 0.05) is 38.3 Å². The average Bonchev–Trinajstić information content (AvgIpc) is 2.68. The standard InChI is InChI=1S/C20H25N3O3S/c1-15-4-10-19(11-5-15)27(25,26)22(3)18-8-6-17(7-9-18)20(24)23-13-12-21-14-16(23)2/h4-11,16,21H,12-14H2,1-3H3/t16-/m1/s1. The van der Waals surface area contributed by atoms with Crippen LogP contribution < -0.4 is 9.62 Å². The van der Waals surface area contributed by atoms with Crippen molar-refractivity contribution in [2.45, 2.75) is 24.8 Å². The molecule has 1 fully saturated rings. The number of sulfonamides is 1. The van der Waals surface area contributed by atoms with Crippen molar-refractivity contribution in [3.63, 3.8) is 0 Å². The number of amides is 1. The molecule has 1 amide bonds. The van der Waals surface area contributed by atoms with Gasteiger partial charge in [0.25, 0.3) is 15.9 Å². The SMILES string of the molecule is Cc1ccc(S(=O)(=O)N(C)c2ccc(C(=O)N3CCNC[C@H]3C)cc2)cc1. The second-order valence-corrected chi connectivity index (χ2v) is 8.85. The monoisotopic (exact) mass is 387 g/mol. The van der Waals surface area contributed by atoms with E-state index >= 15 is 0 Å². The number of nitrogens with zero attached hydrogens (tertiary/aromatic N) is 2. The Hall–Kier alpha value is -2.38. The van der Waals surface area contributed by atoms with E-state index in [0.29, 0.717) is 17.8 Å². The summed E-state index contributed by atoms with van der Waals surface area (Å²) < 4.78 is 26.8. The smallest absolute Gasteiger partial charge is 0.264 e. The zero-order valence-electron chi connectivity index (χ0n) is 15.8. The highest BCUT2D eigenvalue weighted by atomic mass is 32.2. The molecule has 0 saturated carbocycles. The number of hydrogen-bond donors (Lipinski definition) is 1. The number of benzene rings is 2. The molecule has 1 aliphatic rings. The van der Waals surface area contributed by atoms with Crippen LogP contribution in [0.15, 0.2) is 53.4 Å². The van der Waals surface area contributed by atoms with Crippen molar-refractivity contribution < 1.29 is 13.2 Å². The number of carbonyl (C=O) groups is 1. The van der Waals surface area contributed by atoms with E-state index in [9.17, 15) is 13.2 Å². The number of aryl methyl sites for hydroxylation is 1. The summed E-state index contributed by atoms with van der Waals surface area (Å²) in [6.45, 7) is 6.16. The van der Waals surface area contributed by atoms with Gasteiger partial charge in [-0.3, -0.25) is 9.10 Å². The lowest BCUT2D eigenvalue weighted by Gasteiger charge is -2.34. The van der Waals surface area contributed by atoms with Crippen LogP contribution in [0.1, 0.15) is 22.8 Å². The van der Waals surface area contributed by atoms with Gasteiger partial charge in [0.15, 0.2) is 0 Å². The first-order valence-corrected chi connectivity index (χ1v) is 10.4. The summed E-state index contributed by atoms with van der Waals surface area (Å²) in [6.07, 6.45) is 0. The van der Waals surface area contributed by atoms with Gasteiger partial charge in [-0.2, -0.15) is 0 Å². The third kappa shape index (κ3) is 3.99. The summed E-state index contributed by atoms with van der Waals surface area (Å²) in [6, 6.07) is 13.6. The summed E-state index contributed by atoms with van der Waals surface area (Å²) in [5, 5.41) is 3.26. The molecular formula is C20H25N3O3S. The molecule has 0 unspecified atom stereocenters. The summed E-state index contributed by atoms with van der Waals surface area (Å²) in [5.74, 6) is -0.0282. The van der Waals surface area contributed by atoms with Crippen molar-refractivity contribution in [2.24, 2.45) is 0 Å². The number of nitrogens with one attached hydrogen (secondary N) is 1. The van der Waals surface area contributed by atoms with Crippen molar-refractivity contribution in [1.29, 1.82) is 0 Å². The molecule has 0 spiro atoms. The Morgan fingerprint density at radius 1 is 1.11 bits per heavy atom. The van der Waals surface area contributed by atoms with Crippen molar-refractivity contribution in [3.05, 3.63) is 59.7 Å². The van der Waals surface area contributed by atoms with Crippen molar-refractivity contribution in [2.75, 3.05) is 31.0 Å². The fourth-order valence-corrected chi connectivity index (χ4v) is 4.33. The predicted octanol–water partition coefficient (Wildman–Crippen LogP) is 2.25. The Bertz CT molecular complexity index is 908. The zero-order valence-corrected chi connectivity index (χ0v) is 16.7. The molecule has 0 aromatic heterocycles. The maximum Gasteiger partial charge on any atom is 0.264 e. The molecule has 6 nitrogen and oxygen atoms in total. The first kappa shape index (κ1) is 19.4. The Labute approximate surface area is 160 Å². The Morgan fingerprint density at radius 3 is 2.33 bits per heavy atom. The van der Waals surface area contributed by atoms with Gasteiger partial charge in [0.1, 0.15) is 0 Å². The highest BCUT2D eigenvalue weighted by molar-refractivity contribution is 7.92. The van der Waals surface area contributed by atoms with E-state index in [1.165, 1.54) is 11.4 Å². The van der Waals surface area contributed by atoms with Gasteiger partial charge >= 0.3 is 0 Å². The third-order valence-electron chi connectivity index (χ3n) is 4.92. The number of piperazine rings is 1. The van der Waals surface area contributed by atoms with Crippen molar-refractivity contribution in [1.82, 2.24) is 10.2 Å². The Balaban J connectivity index is 1.80. The molecule has 0 radical (unpaired) electrons. The van der Waals surface area contributed by atoms with Crippen LogP contribution in [0.4, 0.5) is 5.69 Å². The lowest BCUT2D eigenvalue weighted by Crippen LogP contribution is -2.52. The van der Waals surface area contributed by atoms with E-state index in [1.807, 2.05) is 18.7 Å². The number of hydrogen-bond acceptors (Lipinski definition) is 4. The molecule has 0 aliphatic carbocycles. The number of rotatable bonds is 4. The van der Waals surface area contributed by atoms with Gasteiger partial charge in [-0.15, -0.1) is 0 Å². The normalized spacial score (nSPS) is 17.6. The van der Waals surface area contributed by atoms with E-state index in [2.05, 4.69) is 5.32 Å². The molecule has 1 saturated heterocycles.